The van der Waals surface area contributed by atoms with E-state index in [0.29, 0.717) is 22.2 Å². The van der Waals surface area contributed by atoms with Gasteiger partial charge in [0, 0.05) is 22.0 Å². The predicted molar refractivity (Wildman–Crippen MR) is 92.5 cm³/mol. The summed E-state index contributed by atoms with van der Waals surface area (Å²) in [5, 5.41) is 1.65. The fraction of sp³-hybridized carbons (Fsp3) is 0. The van der Waals surface area contributed by atoms with E-state index >= 15 is 0 Å². The number of nitrogens with zero attached hydrogens (tertiary/aromatic N) is 2. The fourth-order valence-corrected chi connectivity index (χ4v) is 2.70. The number of rotatable bonds is 3. The minimum absolute atomic E-state index is 0.136. The molecule has 3 heterocycles. The fourth-order valence-electron chi connectivity index (χ4n) is 2.59. The van der Waals surface area contributed by atoms with Gasteiger partial charge in [-0.05, 0) is 41.4 Å². The van der Waals surface area contributed by atoms with Gasteiger partial charge in [0.1, 0.15) is 0 Å². The van der Waals surface area contributed by atoms with Crippen LogP contribution in [0, 0.1) is 0 Å². The molecule has 1 N–H and O–H groups in total. The number of carbonyl (C=O) groups is 1. The highest BCUT2D eigenvalue weighted by molar-refractivity contribution is 6.30. The number of nitrogens with one attached hydrogen (secondary N) is 1. The monoisotopic (exact) mass is 334 g/mol. The molecule has 4 aromatic rings. The zero-order valence-electron chi connectivity index (χ0n) is 12.6. The number of fused-ring (bicyclic) bond motifs is 1. The van der Waals surface area contributed by atoms with Crippen LogP contribution < -0.4 is 4.57 Å². The van der Waals surface area contributed by atoms with E-state index in [1.165, 1.54) is 0 Å². The molecule has 0 atom stereocenters. The van der Waals surface area contributed by atoms with Gasteiger partial charge in [-0.2, -0.15) is 0 Å². The number of carbonyl (C=O) groups excluding carboxylic acids is 1. The van der Waals surface area contributed by atoms with E-state index in [2.05, 4.69) is 9.97 Å². The van der Waals surface area contributed by atoms with E-state index in [0.717, 1.165) is 10.9 Å². The summed E-state index contributed by atoms with van der Waals surface area (Å²) in [4.78, 5) is 20.3. The van der Waals surface area contributed by atoms with Gasteiger partial charge in [0.25, 0.3) is 5.78 Å². The highest BCUT2D eigenvalue weighted by atomic mass is 35.5. The number of pyridine rings is 2. The highest BCUT2D eigenvalue weighted by Crippen LogP contribution is 2.17. The standard InChI is InChI=1S/C19H12ClN3O/c20-14-8-10-23(11-9-14)18-7-3-6-16(22-18)19(24)17-12-13-4-1-2-5-15(13)21-17/h1-12H/p+1. The van der Waals surface area contributed by atoms with Crippen molar-refractivity contribution < 1.29 is 9.36 Å². The van der Waals surface area contributed by atoms with Gasteiger partial charge in [-0.15, -0.1) is 0 Å². The Hall–Kier alpha value is -2.98. The molecule has 0 aliphatic carbocycles. The van der Waals surface area contributed by atoms with Crippen LogP contribution in [0.2, 0.25) is 5.02 Å². The first-order valence-corrected chi connectivity index (χ1v) is 7.85. The third kappa shape index (κ3) is 2.68. The maximum atomic E-state index is 12.7. The summed E-state index contributed by atoms with van der Waals surface area (Å²) in [6.45, 7) is 0. The van der Waals surface area contributed by atoms with Crippen LogP contribution in [-0.2, 0) is 0 Å². The van der Waals surface area contributed by atoms with Crippen molar-refractivity contribution in [2.45, 2.75) is 0 Å². The van der Waals surface area contributed by atoms with Crippen LogP contribution in [0.1, 0.15) is 16.2 Å². The minimum Gasteiger partial charge on any atom is -0.352 e. The summed E-state index contributed by atoms with van der Waals surface area (Å²) in [6.07, 6.45) is 3.61. The zero-order chi connectivity index (χ0) is 16.5. The van der Waals surface area contributed by atoms with Gasteiger partial charge in [-0.25, -0.2) is 4.57 Å². The molecule has 3 aromatic heterocycles. The van der Waals surface area contributed by atoms with Crippen molar-refractivity contribution in [2.24, 2.45) is 0 Å². The smallest absolute Gasteiger partial charge is 0.328 e. The third-order valence-corrected chi connectivity index (χ3v) is 4.05. The summed E-state index contributed by atoms with van der Waals surface area (Å²) in [5.74, 6) is 0.524. The number of H-pyrrole nitrogens is 1. The van der Waals surface area contributed by atoms with Gasteiger partial charge in [0.05, 0.1) is 18.1 Å². The van der Waals surface area contributed by atoms with Crippen LogP contribution >= 0.6 is 11.6 Å². The Morgan fingerprint density at radius 1 is 1.00 bits per heavy atom. The molecule has 0 aliphatic rings. The van der Waals surface area contributed by atoms with Gasteiger partial charge in [0.15, 0.2) is 0 Å². The summed E-state index contributed by atoms with van der Waals surface area (Å²) in [7, 11) is 0. The maximum Gasteiger partial charge on any atom is 0.328 e. The molecule has 1 aromatic carbocycles. The van der Waals surface area contributed by atoms with Crippen molar-refractivity contribution in [1.29, 1.82) is 0 Å². The Bertz CT molecular complexity index is 1000. The molecule has 24 heavy (non-hydrogen) atoms. The maximum absolute atomic E-state index is 12.7. The number of ketones is 1. The molecule has 0 unspecified atom stereocenters. The second kappa shape index (κ2) is 5.91. The zero-order valence-corrected chi connectivity index (χ0v) is 13.4. The average molecular weight is 335 g/mol. The van der Waals surface area contributed by atoms with E-state index in [-0.39, 0.29) is 5.78 Å². The number of aromatic amines is 1. The normalized spacial score (nSPS) is 10.9. The van der Waals surface area contributed by atoms with Crippen molar-refractivity contribution in [3.05, 3.63) is 89.5 Å². The SMILES string of the molecule is O=C(c1cccc(-[n+]2ccc(Cl)cc2)n1)c1cc2ccccc2[nH]1. The Morgan fingerprint density at radius 2 is 1.79 bits per heavy atom. The van der Waals surface area contributed by atoms with Crippen LogP contribution in [0.5, 0.6) is 0 Å². The van der Waals surface area contributed by atoms with Gasteiger partial charge >= 0.3 is 5.82 Å². The van der Waals surface area contributed by atoms with Gasteiger partial charge in [0.2, 0.25) is 5.69 Å². The van der Waals surface area contributed by atoms with Crippen molar-refractivity contribution in [3.8, 4) is 5.82 Å². The van der Waals surface area contributed by atoms with E-state index in [1.54, 1.807) is 18.2 Å². The third-order valence-electron chi connectivity index (χ3n) is 3.79. The second-order valence-corrected chi connectivity index (χ2v) is 5.84. The second-order valence-electron chi connectivity index (χ2n) is 5.40. The molecule has 0 bridgehead atoms. The van der Waals surface area contributed by atoms with Crippen LogP contribution in [0.25, 0.3) is 16.7 Å². The Labute approximate surface area is 143 Å². The summed E-state index contributed by atoms with van der Waals surface area (Å²) >= 11 is 5.91. The lowest BCUT2D eigenvalue weighted by Gasteiger charge is -1.97. The lowest BCUT2D eigenvalue weighted by atomic mass is 10.2. The molecule has 116 valence electrons. The number of halogens is 1. The Morgan fingerprint density at radius 3 is 2.58 bits per heavy atom. The molecule has 0 radical (unpaired) electrons. The van der Waals surface area contributed by atoms with Gasteiger partial charge < -0.3 is 4.98 Å². The minimum atomic E-state index is -0.136. The van der Waals surface area contributed by atoms with E-state index in [1.807, 2.05) is 59.4 Å². The number of benzene rings is 1. The van der Waals surface area contributed by atoms with Crippen LogP contribution in [0.4, 0.5) is 0 Å². The lowest BCUT2D eigenvalue weighted by molar-refractivity contribution is -0.599. The molecular formula is C19H13ClN3O+. The molecule has 0 aliphatic heterocycles. The van der Waals surface area contributed by atoms with E-state index < -0.39 is 0 Å². The van der Waals surface area contributed by atoms with Gasteiger partial charge in [-0.1, -0.05) is 29.8 Å². The number of hydrogen-bond acceptors (Lipinski definition) is 2. The molecule has 4 rings (SSSR count). The van der Waals surface area contributed by atoms with Crippen molar-refractivity contribution in [3.63, 3.8) is 0 Å². The molecule has 0 fully saturated rings. The first kappa shape index (κ1) is 14.6. The Balaban J connectivity index is 1.72. The molecule has 0 amide bonds. The number of hydrogen-bond donors (Lipinski definition) is 1. The Kier molecular flexibility index (Phi) is 3.59. The van der Waals surface area contributed by atoms with Gasteiger partial charge in [-0.3, -0.25) is 4.79 Å². The number of para-hydroxylation sites is 1. The average Bonchev–Trinajstić information content (AvgIpc) is 3.06. The first-order chi connectivity index (χ1) is 11.7. The quantitative estimate of drug-likeness (QED) is 0.458. The molecule has 0 saturated heterocycles. The largest absolute Gasteiger partial charge is 0.352 e. The lowest BCUT2D eigenvalue weighted by Crippen LogP contribution is -2.31. The van der Waals surface area contributed by atoms with Crippen molar-refractivity contribution in [1.82, 2.24) is 9.97 Å². The van der Waals surface area contributed by atoms with E-state index in [4.69, 9.17) is 11.6 Å². The van der Waals surface area contributed by atoms with E-state index in [9.17, 15) is 4.79 Å². The summed E-state index contributed by atoms with van der Waals surface area (Å²) in [6, 6.07) is 18.6. The number of aromatic nitrogens is 3. The molecule has 5 heteroatoms. The van der Waals surface area contributed by atoms with Crippen molar-refractivity contribution in [2.75, 3.05) is 0 Å². The summed E-state index contributed by atoms with van der Waals surface area (Å²) in [5.41, 5.74) is 1.85. The predicted octanol–water partition coefficient (Wildman–Crippen LogP) is 3.72. The topological polar surface area (TPSA) is 49.6 Å². The molecular weight excluding hydrogens is 322 g/mol. The first-order valence-electron chi connectivity index (χ1n) is 7.47. The van der Waals surface area contributed by atoms with Crippen LogP contribution in [-0.4, -0.2) is 15.8 Å². The molecule has 0 saturated carbocycles. The van der Waals surface area contributed by atoms with Crippen molar-refractivity contribution >= 4 is 28.3 Å². The van der Waals surface area contributed by atoms with Crippen LogP contribution in [0.15, 0.2) is 73.1 Å². The highest BCUT2D eigenvalue weighted by Gasteiger charge is 2.19. The molecule has 0 spiro atoms. The molecule has 4 nitrogen and oxygen atoms in total. The van der Waals surface area contributed by atoms with Crippen LogP contribution in [0.3, 0.4) is 0 Å². The summed E-state index contributed by atoms with van der Waals surface area (Å²) < 4.78 is 1.81.